The number of hydrogen-bond acceptors (Lipinski definition) is 8. The molecule has 0 fully saturated rings. The highest BCUT2D eigenvalue weighted by Gasteiger charge is 2.04. The number of phosphoric acid groups is 1. The highest BCUT2D eigenvalue weighted by atomic mass is 31.2. The van der Waals surface area contributed by atoms with Crippen molar-refractivity contribution in [2.24, 2.45) is 0 Å². The summed E-state index contributed by atoms with van der Waals surface area (Å²) >= 11 is 0. The zero-order valence-electron chi connectivity index (χ0n) is 9.50. The molecule has 0 rings (SSSR count). The lowest BCUT2D eigenvalue weighted by molar-refractivity contribution is -0.742. The van der Waals surface area contributed by atoms with Crippen molar-refractivity contribution in [3.63, 3.8) is 0 Å². The van der Waals surface area contributed by atoms with Gasteiger partial charge < -0.3 is 53.1 Å². The second-order valence-corrected chi connectivity index (χ2v) is 2.19. The quantitative estimate of drug-likeness (QED) is 0.114. The van der Waals surface area contributed by atoms with Gasteiger partial charge in [-0.15, -0.1) is 10.1 Å². The molecule has 0 amide bonds. The van der Waals surface area contributed by atoms with Crippen molar-refractivity contribution in [2.75, 3.05) is 0 Å². The number of rotatable bonds is 0. The van der Waals surface area contributed by atoms with E-state index in [1.807, 2.05) is 0 Å². The number of quaternary nitrogens is 3. The van der Waals surface area contributed by atoms with Crippen molar-refractivity contribution in [2.45, 2.75) is 0 Å². The van der Waals surface area contributed by atoms with Gasteiger partial charge in [-0.1, -0.05) is 0 Å². The maximum absolute atomic E-state index is 9.10. The third kappa shape index (κ3) is 537. The molecular weight excluding hydrogens is 287 g/mol. The predicted octanol–water partition coefficient (Wildman–Crippen LogP) is -2.89. The second-order valence-electron chi connectivity index (χ2n) is 1.30. The van der Waals surface area contributed by atoms with E-state index in [0.717, 1.165) is 0 Å². The van der Waals surface area contributed by atoms with Gasteiger partial charge in [-0.25, -0.2) is 9.59 Å². The van der Waals surface area contributed by atoms with Crippen LogP contribution in [0, 0.1) is 10.1 Å². The lowest BCUT2D eigenvalue weighted by atomic mass is 10.7. The number of hydrogen-bond donors (Lipinski definition) is 6. The van der Waals surface area contributed by atoms with Crippen molar-refractivity contribution >= 4 is 19.8 Å². The van der Waals surface area contributed by atoms with Gasteiger partial charge in [0.2, 0.25) is 0 Å². The zero-order valence-corrected chi connectivity index (χ0v) is 10.4. The first kappa shape index (κ1) is 36.0. The monoisotopic (exact) mass is 302 g/mol. The normalized spacial score (nSPS) is 7.06. The smallest absolute Gasteiger partial charge is 0.414 e. The standard InChI is InChI=1S/C2H2O4.HNO3.3H3N.H3O4P/c3-1(4)2(5)6;2-1(3)4;;;;1-5(2,3)4/h(H,3,4)(H,5,6);(H,2,3,4);3*1H3;(H3,1,2,3,4). The summed E-state index contributed by atoms with van der Waals surface area (Å²) in [6.45, 7) is 0. The van der Waals surface area contributed by atoms with Crippen LogP contribution in [0.5, 0.6) is 0 Å². The summed E-state index contributed by atoms with van der Waals surface area (Å²) in [7, 11) is -5.39. The van der Waals surface area contributed by atoms with Crippen LogP contribution in [0.4, 0.5) is 0 Å². The minimum atomic E-state index is -5.39. The van der Waals surface area contributed by atoms with E-state index in [1.165, 1.54) is 0 Å². The Morgan fingerprint density at radius 1 is 0.944 bits per heavy atom. The van der Waals surface area contributed by atoms with Gasteiger partial charge in [-0.2, -0.15) is 7.82 Å². The van der Waals surface area contributed by atoms with Crippen LogP contribution in [0.3, 0.4) is 0 Å². The Labute approximate surface area is 98.8 Å². The number of carboxylic acid groups (broad SMARTS) is 2. The fourth-order valence-corrected chi connectivity index (χ4v) is 0. The molecule has 0 aliphatic rings. The molecule has 0 heterocycles. The van der Waals surface area contributed by atoms with Crippen molar-refractivity contribution in [1.29, 1.82) is 0 Å². The van der Waals surface area contributed by atoms with Gasteiger partial charge in [0.1, 0.15) is 0 Å². The van der Waals surface area contributed by atoms with E-state index in [2.05, 4.69) is 0 Å². The molecule has 18 heavy (non-hydrogen) atoms. The lowest BCUT2D eigenvalue weighted by Crippen LogP contribution is -2.24. The summed E-state index contributed by atoms with van der Waals surface area (Å²) < 4.78 is 8.55. The van der Waals surface area contributed by atoms with Crippen LogP contribution < -0.4 is 33.1 Å². The van der Waals surface area contributed by atoms with E-state index in [-0.39, 0.29) is 18.5 Å². The lowest BCUT2D eigenvalue weighted by Gasteiger charge is -2.36. The maximum Gasteiger partial charge on any atom is 0.414 e. The molecule has 0 aromatic rings. The van der Waals surface area contributed by atoms with Crippen LogP contribution in [-0.2, 0) is 14.2 Å². The van der Waals surface area contributed by atoms with Crippen LogP contribution in [0.25, 0.3) is 0 Å². The summed E-state index contributed by atoms with van der Waals surface area (Å²) in [4.78, 5) is 52.2. The average Bonchev–Trinajstić information content (AvgIpc) is 1.80. The zero-order chi connectivity index (χ0) is 13.2. The van der Waals surface area contributed by atoms with Gasteiger partial charge in [0.15, 0.2) is 0 Å². The minimum Gasteiger partial charge on any atom is -0.822 e. The van der Waals surface area contributed by atoms with Gasteiger partial charge in [-0.05, 0) is 0 Å². The molecule has 15 N–H and O–H groups in total. The minimum absolute atomic E-state index is 0. The third-order valence-electron chi connectivity index (χ3n) is 0.183. The fraction of sp³-hybridized carbons (Fsp3) is 0. The van der Waals surface area contributed by atoms with Crippen molar-refractivity contribution < 1.29 is 49.3 Å². The molecule has 0 unspecified atom stereocenters. The molecule has 0 bridgehead atoms. The topological polar surface area (TPSA) is 334 Å². The molecule has 0 radical (unpaired) electrons. The van der Waals surface area contributed by atoms with Gasteiger partial charge in [0, 0.05) is 0 Å². The number of nitrogens with zero attached hydrogens (tertiary/aromatic N) is 1. The largest absolute Gasteiger partial charge is 0.822 e. The van der Waals surface area contributed by atoms with E-state index in [9.17, 15) is 0 Å². The van der Waals surface area contributed by atoms with Gasteiger partial charge >= 0.3 is 11.9 Å². The summed E-state index contributed by atoms with van der Waals surface area (Å²) in [6, 6.07) is 0. The van der Waals surface area contributed by atoms with E-state index in [1.54, 1.807) is 0 Å². The highest BCUT2D eigenvalue weighted by Crippen LogP contribution is 2.03. The number of carbonyl (C=O) groups is 2. The Balaban J connectivity index is -0.0000000282. The maximum atomic E-state index is 9.10. The number of carboxylic acids is 2. The molecule has 0 saturated carbocycles. The van der Waals surface area contributed by atoms with E-state index in [4.69, 9.17) is 54.4 Å². The van der Waals surface area contributed by atoms with Gasteiger partial charge in [0.25, 0.3) is 5.09 Å². The first-order chi connectivity index (χ1) is 6.37. The first-order valence-electron chi connectivity index (χ1n) is 2.40. The Bertz CT molecular complexity index is 248. The second kappa shape index (κ2) is 17.5. The molecule has 114 valence electrons. The van der Waals surface area contributed by atoms with Crippen LogP contribution in [0.2, 0.25) is 0 Å². The third-order valence-corrected chi connectivity index (χ3v) is 0.183. The highest BCUT2D eigenvalue weighted by molar-refractivity contribution is 7.40. The van der Waals surface area contributed by atoms with E-state index in [0.29, 0.717) is 0 Å². The molecule has 15 nitrogen and oxygen atoms in total. The Morgan fingerprint density at radius 3 is 1.00 bits per heavy atom. The Morgan fingerprint density at radius 2 is 1.00 bits per heavy atom. The predicted molar refractivity (Wildman–Crippen MR) is 49.6 cm³/mol. The summed E-state index contributed by atoms with van der Waals surface area (Å²) in [5.74, 6) is -3.65. The van der Waals surface area contributed by atoms with E-state index < -0.39 is 24.8 Å². The molecule has 16 heteroatoms. The molecule has 0 aromatic heterocycles. The van der Waals surface area contributed by atoms with Crippen molar-refractivity contribution in [1.82, 2.24) is 18.5 Å². The molecule has 0 aliphatic carbocycles. The van der Waals surface area contributed by atoms with E-state index >= 15 is 0 Å². The molecule has 0 aromatic carbocycles. The Kier molecular flexibility index (Phi) is 35.0. The first-order valence-corrected chi connectivity index (χ1v) is 3.86. The Hall–Kier alpha value is -1.87. The van der Waals surface area contributed by atoms with Crippen LogP contribution in [0.1, 0.15) is 0 Å². The molecule has 0 spiro atoms. The average molecular weight is 302 g/mol. The van der Waals surface area contributed by atoms with Gasteiger partial charge in [-0.3, -0.25) is 0 Å². The van der Waals surface area contributed by atoms with Gasteiger partial charge in [0.05, 0.1) is 0 Å². The summed E-state index contributed by atoms with van der Waals surface area (Å²) in [5.41, 5.74) is 0. The fourth-order valence-electron chi connectivity index (χ4n) is 0. The van der Waals surface area contributed by atoms with Crippen LogP contribution >= 0.6 is 7.82 Å². The molecular formula is C2H15N4O11P. The number of aliphatic carboxylic acids is 2. The molecule has 0 saturated heterocycles. The van der Waals surface area contributed by atoms with Crippen molar-refractivity contribution in [3.05, 3.63) is 10.1 Å². The SMILES string of the molecule is O=C(O)C(=O)O.O=P([O-])([O-])[O-].O=[N+]([O-])O.[NH4+].[NH4+].[NH4+]. The van der Waals surface area contributed by atoms with Crippen molar-refractivity contribution in [3.8, 4) is 0 Å². The molecule has 0 aliphatic heterocycles. The summed E-state index contributed by atoms with van der Waals surface area (Å²) in [5, 5.41) is 28.4. The van der Waals surface area contributed by atoms with Crippen LogP contribution in [0.15, 0.2) is 0 Å². The summed E-state index contributed by atoms with van der Waals surface area (Å²) in [6.07, 6.45) is 0. The molecule has 0 atom stereocenters. The van der Waals surface area contributed by atoms with Crippen LogP contribution in [-0.4, -0.2) is 32.4 Å².